The Morgan fingerprint density at radius 1 is 0.310 bits per heavy atom. The third kappa shape index (κ3) is 4.98. The molecule has 9 rings (SSSR count). The standard InChI is InChI=1S/C32H56N8O.Co/c41-23-15-7-14-22-24(23)32-39-30-21-13-6-5-12-20(21)28(37-30)35-26-17-9-2-1-8-16(17)25(33-26)34-27-18-10-3-4-11-19(18)29(36-27)38-31(22)40-32;/h16-41H,1-15H2;. The van der Waals surface area contributed by atoms with Gasteiger partial charge in [-0.3, -0.25) is 42.5 Å². The molecule has 1 radical (unpaired) electrons. The van der Waals surface area contributed by atoms with E-state index in [0.29, 0.717) is 78.4 Å². The monoisotopic (exact) mass is 627 g/mol. The van der Waals surface area contributed by atoms with Crippen LogP contribution in [0, 0.1) is 47.3 Å². The molecule has 17 atom stereocenters. The van der Waals surface area contributed by atoms with Gasteiger partial charge in [0.15, 0.2) is 0 Å². The first-order chi connectivity index (χ1) is 20.2. The van der Waals surface area contributed by atoms with Crippen molar-refractivity contribution in [3.63, 3.8) is 0 Å². The van der Waals surface area contributed by atoms with E-state index < -0.39 is 0 Å². The van der Waals surface area contributed by atoms with Gasteiger partial charge in [-0.15, -0.1) is 0 Å². The van der Waals surface area contributed by atoms with E-state index in [2.05, 4.69) is 42.5 Å². The average molecular weight is 628 g/mol. The molecule has 4 aliphatic carbocycles. The summed E-state index contributed by atoms with van der Waals surface area (Å²) in [5.41, 5.74) is 0. The second-order valence-electron chi connectivity index (χ2n) is 15.7. The van der Waals surface area contributed by atoms with Crippen LogP contribution in [0.15, 0.2) is 0 Å². The van der Waals surface area contributed by atoms with Crippen molar-refractivity contribution in [2.45, 2.75) is 152 Å². The fraction of sp³-hybridized carbons (Fsp3) is 1.00. The molecule has 239 valence electrons. The molecule has 9 nitrogen and oxygen atoms in total. The quantitative estimate of drug-likeness (QED) is 0.198. The Labute approximate surface area is 263 Å². The molecule has 4 saturated carbocycles. The largest absolute Gasteiger partial charge is 0.393 e. The minimum absolute atomic E-state index is 0. The van der Waals surface area contributed by atoms with Gasteiger partial charge in [-0.05, 0) is 92.8 Å². The van der Waals surface area contributed by atoms with Crippen LogP contribution in [0.25, 0.3) is 0 Å². The summed E-state index contributed by atoms with van der Waals surface area (Å²) in [6.45, 7) is 0. The van der Waals surface area contributed by atoms with Gasteiger partial charge in [0.05, 0.1) is 55.4 Å². The molecule has 9 N–H and O–H groups in total. The van der Waals surface area contributed by atoms with E-state index in [0.717, 1.165) is 12.8 Å². The van der Waals surface area contributed by atoms with Gasteiger partial charge in [-0.2, -0.15) is 0 Å². The van der Waals surface area contributed by atoms with Crippen LogP contribution in [0.1, 0.15) is 96.3 Å². The number of hydrogen-bond donors (Lipinski definition) is 9. The molecule has 5 aliphatic heterocycles. The molecular weight excluding hydrogens is 571 g/mol. The van der Waals surface area contributed by atoms with Crippen LogP contribution in [0.4, 0.5) is 0 Å². The van der Waals surface area contributed by atoms with E-state index in [-0.39, 0.29) is 41.1 Å². The number of nitrogens with one attached hydrogen (secondary N) is 8. The van der Waals surface area contributed by atoms with Gasteiger partial charge in [0, 0.05) is 22.7 Å². The first-order valence-electron chi connectivity index (χ1n) is 18.0. The Morgan fingerprint density at radius 2 is 0.571 bits per heavy atom. The SMILES string of the molecule is OC1CCCC2C3NC4NC(NC5NC(NC6NC(NC(N3)C12)C1CCCCC61)C1CCCCC51)C1CCCCC41.[Co]. The molecular formula is C32H56CoN8O. The molecule has 0 aromatic carbocycles. The number of aliphatic hydroxyl groups is 1. The van der Waals surface area contributed by atoms with Crippen LogP contribution in [-0.4, -0.2) is 60.5 Å². The maximum Gasteiger partial charge on any atom is 0.0653 e. The van der Waals surface area contributed by atoms with Crippen LogP contribution >= 0.6 is 0 Å². The van der Waals surface area contributed by atoms with Crippen LogP contribution < -0.4 is 42.5 Å². The molecule has 5 heterocycles. The summed E-state index contributed by atoms with van der Waals surface area (Å²) in [5, 5.41) is 44.6. The zero-order valence-electron chi connectivity index (χ0n) is 25.2. The molecule has 42 heavy (non-hydrogen) atoms. The van der Waals surface area contributed by atoms with Gasteiger partial charge >= 0.3 is 0 Å². The molecule has 9 aliphatic rings. The Bertz CT molecular complexity index is 959. The molecule has 5 saturated heterocycles. The summed E-state index contributed by atoms with van der Waals surface area (Å²) < 4.78 is 0. The minimum Gasteiger partial charge on any atom is -0.393 e. The van der Waals surface area contributed by atoms with E-state index >= 15 is 0 Å². The first kappa shape index (κ1) is 29.5. The molecule has 0 aromatic rings. The van der Waals surface area contributed by atoms with Crippen molar-refractivity contribution < 1.29 is 21.9 Å². The fourth-order valence-electron chi connectivity index (χ4n) is 12.0. The minimum atomic E-state index is -0.221. The number of fused-ring (bicyclic) bond motifs is 20. The van der Waals surface area contributed by atoms with Crippen molar-refractivity contribution in [3.05, 3.63) is 0 Å². The summed E-state index contributed by atoms with van der Waals surface area (Å²) in [6, 6.07) is 0. The third-order valence-electron chi connectivity index (χ3n) is 13.9. The molecule has 8 bridgehead atoms. The van der Waals surface area contributed by atoms with Crippen molar-refractivity contribution in [2.75, 3.05) is 0 Å². The average Bonchev–Trinajstić information content (AvgIpc) is 3.73. The van der Waals surface area contributed by atoms with Crippen molar-refractivity contribution >= 4 is 0 Å². The summed E-state index contributed by atoms with van der Waals surface area (Å²) >= 11 is 0. The van der Waals surface area contributed by atoms with Crippen molar-refractivity contribution in [1.82, 2.24) is 42.5 Å². The maximum atomic E-state index is 11.4. The van der Waals surface area contributed by atoms with Gasteiger partial charge < -0.3 is 5.11 Å². The van der Waals surface area contributed by atoms with Gasteiger partial charge in [0.2, 0.25) is 0 Å². The van der Waals surface area contributed by atoms with Crippen molar-refractivity contribution in [2.24, 2.45) is 47.3 Å². The van der Waals surface area contributed by atoms with E-state index in [1.165, 1.54) is 83.5 Å². The van der Waals surface area contributed by atoms with Crippen molar-refractivity contribution in [1.29, 1.82) is 0 Å². The van der Waals surface area contributed by atoms with Crippen LogP contribution in [-0.2, 0) is 16.8 Å². The second kappa shape index (κ2) is 12.1. The summed E-state index contributed by atoms with van der Waals surface area (Å²) in [4.78, 5) is 0. The Balaban J connectivity index is 0.00000267. The molecule has 0 amide bonds. The molecule has 17 unspecified atom stereocenters. The van der Waals surface area contributed by atoms with Gasteiger partial charge in [0.1, 0.15) is 0 Å². The van der Waals surface area contributed by atoms with Crippen molar-refractivity contribution in [3.8, 4) is 0 Å². The normalized spacial score (nSPS) is 56.9. The van der Waals surface area contributed by atoms with Gasteiger partial charge in [0.25, 0.3) is 0 Å². The Morgan fingerprint density at radius 3 is 0.905 bits per heavy atom. The summed E-state index contributed by atoms with van der Waals surface area (Å²) in [6.07, 6.45) is 21.7. The van der Waals surface area contributed by atoms with E-state index in [1.54, 1.807) is 0 Å². The van der Waals surface area contributed by atoms with Gasteiger partial charge in [-0.25, -0.2) is 0 Å². The number of hydrogen-bond acceptors (Lipinski definition) is 9. The predicted molar refractivity (Wildman–Crippen MR) is 159 cm³/mol. The topological polar surface area (TPSA) is 116 Å². The van der Waals surface area contributed by atoms with Crippen LogP contribution in [0.5, 0.6) is 0 Å². The van der Waals surface area contributed by atoms with E-state index in [4.69, 9.17) is 0 Å². The summed E-state index contributed by atoms with van der Waals surface area (Å²) in [5.74, 6) is 4.87. The molecule has 9 fully saturated rings. The van der Waals surface area contributed by atoms with Gasteiger partial charge in [-0.1, -0.05) is 44.9 Å². The molecule has 0 spiro atoms. The smallest absolute Gasteiger partial charge is 0.0653 e. The first-order valence-corrected chi connectivity index (χ1v) is 18.0. The Hall–Kier alpha value is 0.146. The van der Waals surface area contributed by atoms with Crippen LogP contribution in [0.2, 0.25) is 0 Å². The second-order valence-corrected chi connectivity index (χ2v) is 15.7. The third-order valence-corrected chi connectivity index (χ3v) is 13.9. The Kier molecular flexibility index (Phi) is 8.48. The number of aliphatic hydroxyl groups excluding tert-OH is 1. The van der Waals surface area contributed by atoms with E-state index in [1.807, 2.05) is 0 Å². The van der Waals surface area contributed by atoms with E-state index in [9.17, 15) is 5.11 Å². The molecule has 10 heteroatoms. The predicted octanol–water partition coefficient (Wildman–Crippen LogP) is 1.57. The number of rotatable bonds is 0. The summed E-state index contributed by atoms with van der Waals surface area (Å²) in [7, 11) is 0. The van der Waals surface area contributed by atoms with Crippen LogP contribution in [0.3, 0.4) is 0 Å². The molecule has 0 aromatic heterocycles. The zero-order valence-corrected chi connectivity index (χ0v) is 26.2. The zero-order chi connectivity index (χ0) is 27.1. The fourth-order valence-corrected chi connectivity index (χ4v) is 12.0. The maximum absolute atomic E-state index is 11.4.